The molecule has 232 valence electrons. The van der Waals surface area contributed by atoms with E-state index in [0.29, 0.717) is 0 Å². The van der Waals surface area contributed by atoms with Gasteiger partial charge in [-0.05, 0) is 96.4 Å². The minimum atomic E-state index is 0.863. The van der Waals surface area contributed by atoms with Crippen molar-refractivity contribution in [2.24, 2.45) is 0 Å². The second-order valence-electron chi connectivity index (χ2n) is 12.6. The summed E-state index contributed by atoms with van der Waals surface area (Å²) in [7, 11) is 0. The number of rotatable bonds is 6. The highest BCUT2D eigenvalue weighted by Gasteiger charge is 2.18. The molecule has 0 spiro atoms. The molecule has 0 aliphatic heterocycles. The van der Waals surface area contributed by atoms with E-state index in [-0.39, 0.29) is 0 Å². The van der Waals surface area contributed by atoms with Crippen molar-refractivity contribution in [1.29, 1.82) is 0 Å². The van der Waals surface area contributed by atoms with E-state index in [1.165, 1.54) is 66.1 Å². The molecule has 0 fully saturated rings. The van der Waals surface area contributed by atoms with Crippen molar-refractivity contribution >= 4 is 32.6 Å². The monoisotopic (exact) mass is 626 g/mol. The predicted molar refractivity (Wildman–Crippen MR) is 207 cm³/mol. The number of hydrogen-bond acceptors (Lipinski definition) is 1. The number of aryl methyl sites for hydroxylation is 1. The highest BCUT2D eigenvalue weighted by atomic mass is 15.1. The van der Waals surface area contributed by atoms with Gasteiger partial charge in [-0.15, -0.1) is 0 Å². The molecule has 0 unspecified atom stereocenters. The number of aromatic nitrogens is 2. The molecule has 2 nitrogen and oxygen atoms in total. The summed E-state index contributed by atoms with van der Waals surface area (Å²) in [6.45, 7) is 2.17. The zero-order valence-electron chi connectivity index (χ0n) is 27.3. The van der Waals surface area contributed by atoms with Crippen LogP contribution in [-0.4, -0.2) is 9.55 Å². The normalized spacial score (nSPS) is 11.4. The van der Waals surface area contributed by atoms with Crippen molar-refractivity contribution < 1.29 is 0 Å². The van der Waals surface area contributed by atoms with E-state index in [4.69, 9.17) is 4.98 Å². The molecule has 9 rings (SSSR count). The number of nitrogens with zero attached hydrogens (tertiary/aromatic N) is 2. The van der Waals surface area contributed by atoms with Crippen LogP contribution in [0.3, 0.4) is 0 Å². The van der Waals surface area contributed by atoms with Gasteiger partial charge in [0.2, 0.25) is 0 Å². The minimum Gasteiger partial charge on any atom is -0.296 e. The average molecular weight is 627 g/mol. The summed E-state index contributed by atoms with van der Waals surface area (Å²) in [6, 6.07) is 63.7. The van der Waals surface area contributed by atoms with Gasteiger partial charge in [0.15, 0.2) is 0 Å². The Morgan fingerprint density at radius 3 is 1.55 bits per heavy atom. The Balaban J connectivity index is 1.26. The molecule has 9 aromatic rings. The van der Waals surface area contributed by atoms with Crippen molar-refractivity contribution in [3.8, 4) is 50.2 Å². The topological polar surface area (TPSA) is 17.8 Å². The van der Waals surface area contributed by atoms with Gasteiger partial charge in [-0.3, -0.25) is 4.57 Å². The quantitative estimate of drug-likeness (QED) is 0.168. The lowest BCUT2D eigenvalue weighted by molar-refractivity contribution is 0.908. The molecular formula is C47H34N2. The molecule has 1 heterocycles. The Hall–Kier alpha value is -6.25. The smallest absolute Gasteiger partial charge is 0.114 e. The fourth-order valence-corrected chi connectivity index (χ4v) is 7.45. The molecule has 0 atom stereocenters. The maximum atomic E-state index is 4.93. The van der Waals surface area contributed by atoms with Crippen LogP contribution in [0.15, 0.2) is 176 Å². The number of imidazole rings is 1. The summed E-state index contributed by atoms with van der Waals surface area (Å²) in [5.74, 6) is 1.07. The summed E-state index contributed by atoms with van der Waals surface area (Å²) in [5, 5.41) is 5.01. The molecule has 0 aliphatic carbocycles. The molecule has 0 saturated heterocycles. The summed E-state index contributed by atoms with van der Waals surface area (Å²) < 4.78 is 2.30. The van der Waals surface area contributed by atoms with Gasteiger partial charge in [0.05, 0.1) is 11.0 Å². The second-order valence-corrected chi connectivity index (χ2v) is 12.6. The van der Waals surface area contributed by atoms with Gasteiger partial charge < -0.3 is 0 Å². The van der Waals surface area contributed by atoms with Gasteiger partial charge in [-0.25, -0.2) is 4.98 Å². The van der Waals surface area contributed by atoms with Crippen LogP contribution in [0.2, 0.25) is 0 Å². The van der Waals surface area contributed by atoms with Gasteiger partial charge >= 0.3 is 0 Å². The number of benzene rings is 8. The maximum absolute atomic E-state index is 4.93. The third-order valence-electron chi connectivity index (χ3n) is 9.77. The summed E-state index contributed by atoms with van der Waals surface area (Å²) >= 11 is 0. The van der Waals surface area contributed by atoms with Crippen molar-refractivity contribution in [2.45, 2.75) is 13.3 Å². The first-order valence-corrected chi connectivity index (χ1v) is 17.0. The van der Waals surface area contributed by atoms with E-state index in [9.17, 15) is 0 Å². The Bertz CT molecular complexity index is 2600. The zero-order chi connectivity index (χ0) is 32.7. The van der Waals surface area contributed by atoms with E-state index in [1.54, 1.807) is 0 Å². The SMILES string of the molecule is CCc1nc2ccccc2n1-c1ccc(-c2c3ccccc3c(-c3ccccc3)c3ccc(-c4ccc(-c5ccccc5)cc4)cc23)cc1. The first-order chi connectivity index (χ1) is 24.3. The minimum absolute atomic E-state index is 0.863. The van der Waals surface area contributed by atoms with Crippen LogP contribution in [0, 0.1) is 0 Å². The lowest BCUT2D eigenvalue weighted by Crippen LogP contribution is -2.00. The second kappa shape index (κ2) is 12.1. The molecule has 2 heteroatoms. The number of hydrogen-bond donors (Lipinski definition) is 0. The molecule has 0 bridgehead atoms. The highest BCUT2D eigenvalue weighted by molar-refractivity contribution is 6.22. The van der Waals surface area contributed by atoms with Gasteiger partial charge in [0.25, 0.3) is 0 Å². The van der Waals surface area contributed by atoms with Crippen LogP contribution in [0.1, 0.15) is 12.7 Å². The molecule has 0 saturated carbocycles. The fourth-order valence-electron chi connectivity index (χ4n) is 7.45. The average Bonchev–Trinajstić information content (AvgIpc) is 3.56. The molecule has 0 amide bonds. The Morgan fingerprint density at radius 2 is 0.878 bits per heavy atom. The first kappa shape index (κ1) is 28.9. The summed E-state index contributed by atoms with van der Waals surface area (Å²) in [5.41, 5.74) is 13.1. The molecule has 8 aromatic carbocycles. The third kappa shape index (κ3) is 5.01. The largest absolute Gasteiger partial charge is 0.296 e. The van der Waals surface area contributed by atoms with E-state index in [1.807, 2.05) is 0 Å². The van der Waals surface area contributed by atoms with E-state index in [0.717, 1.165) is 29.0 Å². The first-order valence-electron chi connectivity index (χ1n) is 17.0. The van der Waals surface area contributed by atoms with Crippen molar-refractivity contribution in [2.75, 3.05) is 0 Å². The zero-order valence-corrected chi connectivity index (χ0v) is 27.3. The lowest BCUT2D eigenvalue weighted by atomic mass is 9.85. The van der Waals surface area contributed by atoms with Gasteiger partial charge in [0, 0.05) is 12.1 Å². The van der Waals surface area contributed by atoms with Crippen molar-refractivity contribution in [3.63, 3.8) is 0 Å². The third-order valence-corrected chi connectivity index (χ3v) is 9.77. The van der Waals surface area contributed by atoms with Crippen LogP contribution < -0.4 is 0 Å². The molecule has 0 N–H and O–H groups in total. The number of fused-ring (bicyclic) bond motifs is 3. The van der Waals surface area contributed by atoms with Crippen LogP contribution in [0.5, 0.6) is 0 Å². The van der Waals surface area contributed by atoms with Crippen LogP contribution in [0.25, 0.3) is 82.8 Å². The van der Waals surface area contributed by atoms with E-state index < -0.39 is 0 Å². The number of para-hydroxylation sites is 2. The van der Waals surface area contributed by atoms with Crippen molar-refractivity contribution in [3.05, 3.63) is 182 Å². The highest BCUT2D eigenvalue weighted by Crippen LogP contribution is 2.45. The Morgan fingerprint density at radius 1 is 0.408 bits per heavy atom. The Kier molecular flexibility index (Phi) is 7.13. The molecule has 0 aliphatic rings. The maximum Gasteiger partial charge on any atom is 0.114 e. The van der Waals surface area contributed by atoms with Gasteiger partial charge in [-0.2, -0.15) is 0 Å². The van der Waals surface area contributed by atoms with Gasteiger partial charge in [-0.1, -0.05) is 153 Å². The van der Waals surface area contributed by atoms with E-state index >= 15 is 0 Å². The summed E-state index contributed by atoms with van der Waals surface area (Å²) in [4.78, 5) is 4.93. The van der Waals surface area contributed by atoms with Crippen LogP contribution in [0.4, 0.5) is 0 Å². The van der Waals surface area contributed by atoms with Crippen LogP contribution >= 0.6 is 0 Å². The lowest BCUT2D eigenvalue weighted by Gasteiger charge is -2.19. The fraction of sp³-hybridized carbons (Fsp3) is 0.0426. The van der Waals surface area contributed by atoms with Crippen molar-refractivity contribution in [1.82, 2.24) is 9.55 Å². The molecular weight excluding hydrogens is 593 g/mol. The standard InChI is InChI=1S/C47H34N2/c1-2-45-48-43-19-11-12-20-44(43)49(45)38-28-25-36(26-29-38)47-40-18-10-9-17-39(40)46(35-15-7-4-8-16-35)41-30-27-37(31-42(41)47)34-23-21-33(22-24-34)32-13-5-3-6-14-32/h3-31H,2H2,1H3. The molecule has 49 heavy (non-hydrogen) atoms. The van der Waals surface area contributed by atoms with Gasteiger partial charge in [0.1, 0.15) is 5.82 Å². The van der Waals surface area contributed by atoms with Crippen LogP contribution in [-0.2, 0) is 6.42 Å². The van der Waals surface area contributed by atoms with E-state index in [2.05, 4.69) is 187 Å². The summed E-state index contributed by atoms with van der Waals surface area (Å²) in [6.07, 6.45) is 0.863. The molecule has 1 aromatic heterocycles. The predicted octanol–water partition coefficient (Wildman–Crippen LogP) is 12.6. The molecule has 0 radical (unpaired) electrons. The Labute approximate surface area is 286 Å².